The number of nitrogens with zero attached hydrogens (tertiary/aromatic N) is 5. The molecule has 0 bridgehead atoms. The number of carbonyl (C=O) groups is 1. The molecule has 0 spiro atoms. The van der Waals surface area contributed by atoms with Crippen molar-refractivity contribution in [3.8, 4) is 5.13 Å². The molecule has 4 aromatic rings. The van der Waals surface area contributed by atoms with Gasteiger partial charge in [-0.2, -0.15) is 4.37 Å². The minimum atomic E-state index is -0.898. The van der Waals surface area contributed by atoms with Crippen molar-refractivity contribution in [2.24, 2.45) is 0 Å². The van der Waals surface area contributed by atoms with Crippen molar-refractivity contribution in [1.82, 2.24) is 18.9 Å². The van der Waals surface area contributed by atoms with Crippen LogP contribution in [0.5, 0.6) is 0 Å². The first-order valence-electron chi connectivity index (χ1n) is 10.8. The number of fused-ring (bicyclic) bond motifs is 1. The van der Waals surface area contributed by atoms with Crippen molar-refractivity contribution < 1.29 is 23.1 Å². The second kappa shape index (κ2) is 9.07. The van der Waals surface area contributed by atoms with Crippen LogP contribution in [0.2, 0.25) is 0 Å². The molecule has 0 amide bonds. The van der Waals surface area contributed by atoms with E-state index in [-0.39, 0.29) is 35.2 Å². The van der Waals surface area contributed by atoms with Gasteiger partial charge >= 0.3 is 11.8 Å². The van der Waals surface area contributed by atoms with E-state index in [1.54, 1.807) is 11.5 Å². The van der Waals surface area contributed by atoms with Crippen LogP contribution in [0.15, 0.2) is 37.0 Å². The monoisotopic (exact) mass is 499 g/mol. The van der Waals surface area contributed by atoms with Gasteiger partial charge in [0.05, 0.1) is 11.5 Å². The normalized spacial score (nSPS) is 13.9. The number of aromatic nitrogens is 4. The highest BCUT2D eigenvalue weighted by Gasteiger charge is 2.30. The molecular formula is C22H21N5O7S. The Labute approximate surface area is 201 Å². The molecule has 0 aromatic carbocycles. The lowest BCUT2D eigenvalue weighted by Gasteiger charge is -2.39. The molecule has 5 heterocycles. The number of anilines is 1. The lowest BCUT2D eigenvalue weighted by atomic mass is 10.1. The number of aryl methyl sites for hydroxylation is 2. The van der Waals surface area contributed by atoms with Crippen LogP contribution in [0, 0.1) is 13.8 Å². The lowest BCUT2D eigenvalue weighted by molar-refractivity contribution is 0.0426. The molecule has 0 unspecified atom stereocenters. The zero-order chi connectivity index (χ0) is 24.7. The molecule has 12 nitrogen and oxygen atoms in total. The van der Waals surface area contributed by atoms with Gasteiger partial charge in [0.1, 0.15) is 17.7 Å². The Balaban J connectivity index is 1.55. The summed E-state index contributed by atoms with van der Waals surface area (Å²) >= 11 is 1.09. The molecular weight excluding hydrogens is 478 g/mol. The van der Waals surface area contributed by atoms with Gasteiger partial charge in [-0.1, -0.05) is 0 Å². The molecule has 13 heteroatoms. The van der Waals surface area contributed by atoms with Gasteiger partial charge in [0.15, 0.2) is 23.8 Å². The van der Waals surface area contributed by atoms with E-state index >= 15 is 0 Å². The molecule has 4 aromatic heterocycles. The summed E-state index contributed by atoms with van der Waals surface area (Å²) in [4.78, 5) is 48.5. The summed E-state index contributed by atoms with van der Waals surface area (Å²) in [6, 6.07) is 1.81. The zero-order valence-electron chi connectivity index (χ0n) is 19.1. The first-order valence-corrected chi connectivity index (χ1v) is 11.6. The Morgan fingerprint density at radius 3 is 2.71 bits per heavy atom. The maximum absolute atomic E-state index is 13.4. The van der Waals surface area contributed by atoms with Gasteiger partial charge in [-0.3, -0.25) is 9.36 Å². The van der Waals surface area contributed by atoms with E-state index < -0.39 is 17.2 Å². The number of ether oxygens (including phenoxy) is 2. The number of hydrogen-bond donors (Lipinski definition) is 0. The van der Waals surface area contributed by atoms with Gasteiger partial charge in [-0.05, 0) is 32.4 Å². The van der Waals surface area contributed by atoms with Gasteiger partial charge in [0.25, 0.3) is 0 Å². The average Bonchev–Trinajstić information content (AvgIpc) is 3.43. The van der Waals surface area contributed by atoms with Crippen LogP contribution in [-0.2, 0) is 16.1 Å². The SMILES string of the molecule is CCOC1CN(c2cc(C)c3c(=O)c(C(=O)OCc4oc(=O)oc4C)cn(-c4ncns4)c3n2)C1. The molecule has 182 valence electrons. The predicted molar refractivity (Wildman–Crippen MR) is 124 cm³/mol. The fraction of sp³-hybridized carbons (Fsp3) is 0.364. The van der Waals surface area contributed by atoms with Crippen LogP contribution in [-0.4, -0.2) is 50.7 Å². The quantitative estimate of drug-likeness (QED) is 0.344. The number of pyridine rings is 2. The Bertz CT molecular complexity index is 1520. The molecule has 0 atom stereocenters. The maximum Gasteiger partial charge on any atom is 0.519 e. The third-order valence-electron chi connectivity index (χ3n) is 5.66. The molecule has 0 saturated carbocycles. The number of esters is 1. The third kappa shape index (κ3) is 4.23. The Hall–Kier alpha value is -3.84. The zero-order valence-corrected chi connectivity index (χ0v) is 20.0. The summed E-state index contributed by atoms with van der Waals surface area (Å²) in [5, 5.41) is 0.701. The van der Waals surface area contributed by atoms with Crippen molar-refractivity contribution in [1.29, 1.82) is 0 Å². The summed E-state index contributed by atoms with van der Waals surface area (Å²) in [5.41, 5.74) is 0.270. The van der Waals surface area contributed by atoms with Crippen molar-refractivity contribution in [3.05, 3.63) is 62.1 Å². The number of carbonyl (C=O) groups excluding carboxylic acids is 1. The van der Waals surface area contributed by atoms with Crippen molar-refractivity contribution in [2.45, 2.75) is 33.5 Å². The topological polar surface area (TPSA) is 143 Å². The molecule has 1 fully saturated rings. The summed E-state index contributed by atoms with van der Waals surface area (Å²) in [5.74, 6) is -0.826. The van der Waals surface area contributed by atoms with E-state index in [2.05, 4.69) is 14.3 Å². The molecule has 0 radical (unpaired) electrons. The molecule has 5 rings (SSSR count). The van der Waals surface area contributed by atoms with Gasteiger partial charge in [-0.15, -0.1) is 0 Å². The van der Waals surface area contributed by atoms with Crippen LogP contribution < -0.4 is 16.2 Å². The van der Waals surface area contributed by atoms with Crippen molar-refractivity contribution >= 4 is 34.4 Å². The van der Waals surface area contributed by atoms with Crippen molar-refractivity contribution in [2.75, 3.05) is 24.6 Å². The average molecular weight is 500 g/mol. The largest absolute Gasteiger partial charge is 0.519 e. The van der Waals surface area contributed by atoms with Crippen LogP contribution in [0.1, 0.15) is 34.4 Å². The first-order chi connectivity index (χ1) is 16.9. The highest BCUT2D eigenvalue weighted by atomic mass is 32.1. The minimum absolute atomic E-state index is 0.0657. The molecule has 0 aliphatic carbocycles. The maximum atomic E-state index is 13.4. The van der Waals surface area contributed by atoms with E-state index in [9.17, 15) is 14.4 Å². The van der Waals surface area contributed by atoms with E-state index in [1.165, 1.54) is 19.4 Å². The Morgan fingerprint density at radius 2 is 2.06 bits per heavy atom. The molecule has 35 heavy (non-hydrogen) atoms. The van der Waals surface area contributed by atoms with Crippen LogP contribution in [0.4, 0.5) is 5.82 Å². The number of rotatable bonds is 7. The Morgan fingerprint density at radius 1 is 1.26 bits per heavy atom. The fourth-order valence-corrected chi connectivity index (χ4v) is 4.40. The standard InChI is InChI=1S/C22H21N5O7S/c1-4-31-13-6-26(7-13)16-5-11(2)17-18(28)14(8-27(19(17)25-16)21-23-10-24-35-21)20(29)32-9-15-12(3)33-22(30)34-15/h5,8,10,13H,4,6-7,9H2,1-3H3. The fourth-order valence-electron chi connectivity index (χ4n) is 3.89. The second-order valence-corrected chi connectivity index (χ2v) is 8.71. The van der Waals surface area contributed by atoms with Gasteiger partial charge < -0.3 is 23.2 Å². The second-order valence-electron chi connectivity index (χ2n) is 7.95. The lowest BCUT2D eigenvalue weighted by Crippen LogP contribution is -2.52. The smallest absolute Gasteiger partial charge is 0.454 e. The van der Waals surface area contributed by atoms with Gasteiger partial charge in [0, 0.05) is 37.4 Å². The third-order valence-corrected chi connectivity index (χ3v) is 6.33. The Kier molecular flexibility index (Phi) is 5.94. The number of hydrogen-bond acceptors (Lipinski definition) is 12. The van der Waals surface area contributed by atoms with Crippen LogP contribution in [0.25, 0.3) is 16.2 Å². The molecule has 0 N–H and O–H groups in total. The highest BCUT2D eigenvalue weighted by molar-refractivity contribution is 7.08. The van der Waals surface area contributed by atoms with Gasteiger partial charge in [0.2, 0.25) is 10.6 Å². The molecule has 1 saturated heterocycles. The first kappa shape index (κ1) is 22.9. The van der Waals surface area contributed by atoms with E-state index in [0.29, 0.717) is 41.9 Å². The highest BCUT2D eigenvalue weighted by Crippen LogP contribution is 2.27. The minimum Gasteiger partial charge on any atom is -0.454 e. The van der Waals surface area contributed by atoms with E-state index in [1.807, 2.05) is 13.0 Å². The van der Waals surface area contributed by atoms with Crippen LogP contribution >= 0.6 is 11.5 Å². The van der Waals surface area contributed by atoms with Gasteiger partial charge in [-0.25, -0.2) is 19.6 Å². The van der Waals surface area contributed by atoms with Crippen molar-refractivity contribution in [3.63, 3.8) is 0 Å². The summed E-state index contributed by atoms with van der Waals surface area (Å²) in [6.07, 6.45) is 2.87. The predicted octanol–water partition coefficient (Wildman–Crippen LogP) is 1.98. The summed E-state index contributed by atoms with van der Waals surface area (Å²) in [6.45, 7) is 6.93. The molecule has 1 aliphatic heterocycles. The summed E-state index contributed by atoms with van der Waals surface area (Å²) in [7, 11) is 0. The van der Waals surface area contributed by atoms with E-state index in [0.717, 1.165) is 11.5 Å². The summed E-state index contributed by atoms with van der Waals surface area (Å²) < 4.78 is 26.1. The van der Waals surface area contributed by atoms with Crippen LogP contribution in [0.3, 0.4) is 0 Å². The molecule has 1 aliphatic rings. The van der Waals surface area contributed by atoms with E-state index in [4.69, 9.17) is 23.3 Å².